The van der Waals surface area contributed by atoms with Gasteiger partial charge in [-0.05, 0) is 42.3 Å². The summed E-state index contributed by atoms with van der Waals surface area (Å²) in [7, 11) is 0. The highest BCUT2D eigenvalue weighted by atomic mass is 16.2. The Morgan fingerprint density at radius 1 is 0.955 bits per heavy atom. The van der Waals surface area contributed by atoms with E-state index in [1.165, 1.54) is 6.92 Å². The van der Waals surface area contributed by atoms with Crippen LogP contribution in [0.3, 0.4) is 0 Å². The Kier molecular flexibility index (Phi) is 4.99. The largest absolute Gasteiger partial charge is 0.342 e. The van der Waals surface area contributed by atoms with Crippen LogP contribution in [0, 0.1) is 5.92 Å². The van der Waals surface area contributed by atoms with Crippen molar-refractivity contribution in [2.24, 2.45) is 5.92 Å². The summed E-state index contributed by atoms with van der Waals surface area (Å²) < 4.78 is 1.91. The number of aromatic nitrogens is 1. The summed E-state index contributed by atoms with van der Waals surface area (Å²) in [5.74, 6) is -0.00575. The molecule has 1 aromatic carbocycles. The van der Waals surface area contributed by atoms with Crippen LogP contribution in [0.2, 0.25) is 0 Å². The summed E-state index contributed by atoms with van der Waals surface area (Å²) in [4.78, 5) is 23.5. The molecule has 0 spiro atoms. The molecule has 0 bridgehead atoms. The van der Waals surface area contributed by atoms with Gasteiger partial charge in [-0.15, -0.1) is 0 Å². The number of hydrogen-bond acceptors (Lipinski definition) is 2. The number of carbonyl (C=O) groups excluding carboxylic acids is 2. The smallest absolute Gasteiger partial charge is 0.247 e. The molecule has 1 aromatic heterocycles. The molecule has 2 rings (SSSR count). The Morgan fingerprint density at radius 2 is 1.45 bits per heavy atom. The number of hydrogen-bond donors (Lipinski definition) is 2. The third kappa shape index (κ3) is 3.97. The van der Waals surface area contributed by atoms with Gasteiger partial charge in [0.05, 0.1) is 0 Å². The lowest BCUT2D eigenvalue weighted by molar-refractivity contribution is -0.120. The molecule has 1 heterocycles. The van der Waals surface area contributed by atoms with Crippen LogP contribution in [0.1, 0.15) is 26.8 Å². The molecule has 2 aromatic rings. The van der Waals surface area contributed by atoms with Gasteiger partial charge in [0.1, 0.15) is 6.04 Å². The van der Waals surface area contributed by atoms with Gasteiger partial charge in [0.2, 0.25) is 11.8 Å². The van der Waals surface area contributed by atoms with Crippen molar-refractivity contribution in [3.8, 4) is 0 Å². The highest BCUT2D eigenvalue weighted by Crippen LogP contribution is 2.21. The Balaban J connectivity index is 2.08. The molecule has 1 unspecified atom stereocenters. The highest BCUT2D eigenvalue weighted by Gasteiger charge is 2.23. The predicted molar refractivity (Wildman–Crippen MR) is 87.7 cm³/mol. The van der Waals surface area contributed by atoms with Crippen LogP contribution in [-0.2, 0) is 9.59 Å². The fourth-order valence-electron chi connectivity index (χ4n) is 2.37. The zero-order valence-corrected chi connectivity index (χ0v) is 13.0. The third-order valence-electron chi connectivity index (χ3n) is 3.32. The van der Waals surface area contributed by atoms with E-state index in [1.807, 2.05) is 42.9 Å². The Bertz CT molecular complexity index is 630. The van der Waals surface area contributed by atoms with Crippen molar-refractivity contribution in [3.05, 3.63) is 48.8 Å². The summed E-state index contributed by atoms with van der Waals surface area (Å²) in [6.45, 7) is 5.49. The summed E-state index contributed by atoms with van der Waals surface area (Å²) in [6, 6.07) is 10.6. The van der Waals surface area contributed by atoms with E-state index in [4.69, 9.17) is 0 Å². The number of rotatable bonds is 5. The quantitative estimate of drug-likeness (QED) is 0.890. The van der Waals surface area contributed by atoms with Crippen molar-refractivity contribution < 1.29 is 9.59 Å². The van der Waals surface area contributed by atoms with Gasteiger partial charge in [0.15, 0.2) is 0 Å². The molecule has 0 aliphatic heterocycles. The fraction of sp³-hybridized carbons (Fsp3) is 0.294. The highest BCUT2D eigenvalue weighted by molar-refractivity contribution is 5.94. The molecule has 1 atom stereocenters. The second-order valence-corrected chi connectivity index (χ2v) is 5.57. The van der Waals surface area contributed by atoms with Crippen LogP contribution in [0.15, 0.2) is 48.8 Å². The Morgan fingerprint density at radius 3 is 1.91 bits per heavy atom. The SMILES string of the molecule is CC(=O)Nc1ccc(NC(=O)C(C(C)C)n2cccc2)cc1. The number of benzene rings is 1. The van der Waals surface area contributed by atoms with E-state index < -0.39 is 0 Å². The lowest BCUT2D eigenvalue weighted by Crippen LogP contribution is -2.29. The normalized spacial score (nSPS) is 12.0. The molecule has 0 fully saturated rings. The summed E-state index contributed by atoms with van der Waals surface area (Å²) in [5, 5.41) is 5.61. The maximum absolute atomic E-state index is 12.5. The number of nitrogens with zero attached hydrogens (tertiary/aromatic N) is 1. The van der Waals surface area contributed by atoms with Crippen LogP contribution < -0.4 is 10.6 Å². The van der Waals surface area contributed by atoms with Gasteiger partial charge < -0.3 is 15.2 Å². The fourth-order valence-corrected chi connectivity index (χ4v) is 2.37. The van der Waals surface area contributed by atoms with Crippen molar-refractivity contribution in [2.45, 2.75) is 26.8 Å². The Labute approximate surface area is 130 Å². The molecule has 0 aliphatic rings. The molecule has 5 heteroatoms. The first kappa shape index (κ1) is 15.8. The summed E-state index contributed by atoms with van der Waals surface area (Å²) in [6.07, 6.45) is 3.79. The van der Waals surface area contributed by atoms with Crippen molar-refractivity contribution in [1.29, 1.82) is 0 Å². The van der Waals surface area contributed by atoms with Gasteiger partial charge in [-0.2, -0.15) is 0 Å². The zero-order valence-electron chi connectivity index (χ0n) is 13.0. The monoisotopic (exact) mass is 299 g/mol. The first-order chi connectivity index (χ1) is 10.5. The second kappa shape index (κ2) is 6.93. The van der Waals surface area contributed by atoms with Crippen molar-refractivity contribution >= 4 is 23.2 Å². The topological polar surface area (TPSA) is 63.1 Å². The van der Waals surface area contributed by atoms with Gasteiger partial charge >= 0.3 is 0 Å². The van der Waals surface area contributed by atoms with Crippen molar-refractivity contribution in [3.63, 3.8) is 0 Å². The van der Waals surface area contributed by atoms with Crippen molar-refractivity contribution in [1.82, 2.24) is 4.57 Å². The third-order valence-corrected chi connectivity index (χ3v) is 3.32. The van der Waals surface area contributed by atoms with E-state index >= 15 is 0 Å². The average molecular weight is 299 g/mol. The lowest BCUT2D eigenvalue weighted by atomic mass is 10.0. The van der Waals surface area contributed by atoms with Crippen LogP contribution in [-0.4, -0.2) is 16.4 Å². The molecular weight excluding hydrogens is 278 g/mol. The number of carbonyl (C=O) groups is 2. The van der Waals surface area contributed by atoms with Gasteiger partial charge in [-0.1, -0.05) is 13.8 Å². The molecule has 22 heavy (non-hydrogen) atoms. The minimum atomic E-state index is -0.259. The van der Waals surface area contributed by atoms with E-state index in [9.17, 15) is 9.59 Å². The first-order valence-corrected chi connectivity index (χ1v) is 7.28. The second-order valence-electron chi connectivity index (χ2n) is 5.57. The minimum Gasteiger partial charge on any atom is -0.342 e. The molecule has 0 saturated heterocycles. The lowest BCUT2D eigenvalue weighted by Gasteiger charge is -2.22. The van der Waals surface area contributed by atoms with Gasteiger partial charge in [-0.25, -0.2) is 0 Å². The Hall–Kier alpha value is -2.56. The summed E-state index contributed by atoms with van der Waals surface area (Å²) in [5.41, 5.74) is 1.41. The van der Waals surface area contributed by atoms with E-state index in [-0.39, 0.29) is 23.8 Å². The van der Waals surface area contributed by atoms with E-state index in [1.54, 1.807) is 24.3 Å². The molecular formula is C17H21N3O2. The molecule has 0 saturated carbocycles. The molecule has 0 radical (unpaired) electrons. The molecule has 2 amide bonds. The van der Waals surface area contributed by atoms with Gasteiger partial charge in [-0.3, -0.25) is 9.59 Å². The van der Waals surface area contributed by atoms with Crippen LogP contribution in [0.5, 0.6) is 0 Å². The van der Waals surface area contributed by atoms with E-state index in [0.717, 1.165) is 0 Å². The van der Waals surface area contributed by atoms with Gasteiger partial charge in [0.25, 0.3) is 0 Å². The summed E-state index contributed by atoms with van der Waals surface area (Å²) >= 11 is 0. The number of amides is 2. The minimum absolute atomic E-state index is 0.0570. The molecule has 0 aliphatic carbocycles. The number of anilines is 2. The van der Waals surface area contributed by atoms with Crippen LogP contribution in [0.4, 0.5) is 11.4 Å². The maximum atomic E-state index is 12.5. The zero-order chi connectivity index (χ0) is 16.1. The maximum Gasteiger partial charge on any atom is 0.247 e. The predicted octanol–water partition coefficient (Wildman–Crippen LogP) is 3.28. The van der Waals surface area contributed by atoms with E-state index in [2.05, 4.69) is 10.6 Å². The molecule has 2 N–H and O–H groups in total. The standard InChI is InChI=1S/C17H21N3O2/c1-12(2)16(20-10-4-5-11-20)17(22)19-15-8-6-14(7-9-15)18-13(3)21/h4-12,16H,1-3H3,(H,18,21)(H,19,22). The first-order valence-electron chi connectivity index (χ1n) is 7.28. The van der Waals surface area contributed by atoms with Crippen molar-refractivity contribution in [2.75, 3.05) is 10.6 Å². The molecule has 5 nitrogen and oxygen atoms in total. The van der Waals surface area contributed by atoms with E-state index in [0.29, 0.717) is 11.4 Å². The van der Waals surface area contributed by atoms with Crippen LogP contribution >= 0.6 is 0 Å². The average Bonchev–Trinajstić information content (AvgIpc) is 2.94. The van der Waals surface area contributed by atoms with Crippen LogP contribution in [0.25, 0.3) is 0 Å². The molecule has 116 valence electrons. The van der Waals surface area contributed by atoms with Gasteiger partial charge in [0, 0.05) is 30.7 Å². The number of nitrogens with one attached hydrogen (secondary N) is 2.